The summed E-state index contributed by atoms with van der Waals surface area (Å²) in [5.74, 6) is 0.136. The first-order valence-electron chi connectivity index (χ1n) is 9.47. The van der Waals surface area contributed by atoms with Crippen LogP contribution in [0.3, 0.4) is 0 Å². The Morgan fingerprint density at radius 1 is 1.11 bits per heavy atom. The van der Waals surface area contributed by atoms with Gasteiger partial charge in [0.1, 0.15) is 11.5 Å². The van der Waals surface area contributed by atoms with Gasteiger partial charge < -0.3 is 9.32 Å². The van der Waals surface area contributed by atoms with Gasteiger partial charge in [-0.25, -0.2) is 8.78 Å². The van der Waals surface area contributed by atoms with Crippen molar-refractivity contribution < 1.29 is 18.0 Å². The third-order valence-electron chi connectivity index (χ3n) is 5.83. The quantitative estimate of drug-likeness (QED) is 0.815. The van der Waals surface area contributed by atoms with E-state index in [1.165, 1.54) is 6.07 Å². The van der Waals surface area contributed by atoms with Gasteiger partial charge in [-0.3, -0.25) is 9.69 Å². The van der Waals surface area contributed by atoms with Crippen molar-refractivity contribution in [1.82, 2.24) is 9.80 Å². The molecule has 2 aliphatic rings. The summed E-state index contributed by atoms with van der Waals surface area (Å²) in [6.07, 6.45) is 2.53. The van der Waals surface area contributed by atoms with E-state index in [1.54, 1.807) is 11.0 Å². The number of furan rings is 1. The number of piperidine rings is 1. The van der Waals surface area contributed by atoms with Crippen LogP contribution in [-0.2, 0) is 17.9 Å². The summed E-state index contributed by atoms with van der Waals surface area (Å²) in [6.45, 7) is 4.86. The molecule has 0 bridgehead atoms. The molecule has 0 saturated carbocycles. The predicted molar refractivity (Wildman–Crippen MR) is 96.8 cm³/mol. The second-order valence-corrected chi connectivity index (χ2v) is 7.80. The molecule has 0 aliphatic carbocycles. The van der Waals surface area contributed by atoms with Crippen LogP contribution in [0.25, 0.3) is 0 Å². The topological polar surface area (TPSA) is 36.7 Å². The van der Waals surface area contributed by atoms with Gasteiger partial charge in [-0.1, -0.05) is 12.1 Å². The van der Waals surface area contributed by atoms with E-state index in [9.17, 15) is 13.6 Å². The van der Waals surface area contributed by atoms with Crippen molar-refractivity contribution in [3.8, 4) is 0 Å². The van der Waals surface area contributed by atoms with Gasteiger partial charge in [0.05, 0.1) is 12.0 Å². The molecule has 1 unspecified atom stereocenters. The van der Waals surface area contributed by atoms with Crippen LogP contribution >= 0.6 is 0 Å². The van der Waals surface area contributed by atoms with Crippen molar-refractivity contribution in [2.45, 2.75) is 39.3 Å². The van der Waals surface area contributed by atoms with Gasteiger partial charge in [-0.2, -0.15) is 0 Å². The van der Waals surface area contributed by atoms with Crippen molar-refractivity contribution in [3.63, 3.8) is 0 Å². The van der Waals surface area contributed by atoms with E-state index in [0.717, 1.165) is 43.4 Å². The molecule has 2 aliphatic heterocycles. The molecule has 2 saturated heterocycles. The zero-order chi connectivity index (χ0) is 19.0. The number of hydrogen-bond acceptors (Lipinski definition) is 3. The molecule has 2 aromatic rings. The van der Waals surface area contributed by atoms with Crippen LogP contribution in [0.15, 0.2) is 34.7 Å². The number of hydrogen-bond donors (Lipinski definition) is 0. The van der Waals surface area contributed by atoms with Gasteiger partial charge in [0.25, 0.3) is 0 Å². The Kier molecular flexibility index (Phi) is 4.76. The second kappa shape index (κ2) is 7.08. The smallest absolute Gasteiger partial charge is 0.230 e. The SMILES string of the molecule is Cc1ccc(CN2CCC3(CCCN(Cc4cccc(F)c4F)C3=O)C2)o1. The van der Waals surface area contributed by atoms with Crippen LogP contribution in [0, 0.1) is 24.0 Å². The van der Waals surface area contributed by atoms with E-state index in [2.05, 4.69) is 4.90 Å². The molecule has 4 rings (SSSR count). The number of rotatable bonds is 4. The molecule has 1 amide bonds. The van der Waals surface area contributed by atoms with Crippen LogP contribution in [0.5, 0.6) is 0 Å². The molecule has 2 fully saturated rings. The van der Waals surface area contributed by atoms with Gasteiger partial charge in [0, 0.05) is 25.2 Å². The van der Waals surface area contributed by atoms with Gasteiger partial charge in [0.15, 0.2) is 11.6 Å². The van der Waals surface area contributed by atoms with Crippen LogP contribution in [0.2, 0.25) is 0 Å². The Labute approximate surface area is 157 Å². The maximum Gasteiger partial charge on any atom is 0.230 e. The summed E-state index contributed by atoms with van der Waals surface area (Å²) in [6, 6.07) is 8.06. The number of amides is 1. The molecule has 4 nitrogen and oxygen atoms in total. The molecular weight excluding hydrogens is 350 g/mol. The molecule has 0 N–H and O–H groups in total. The van der Waals surface area contributed by atoms with E-state index in [1.807, 2.05) is 19.1 Å². The van der Waals surface area contributed by atoms with Crippen LogP contribution in [0.4, 0.5) is 8.78 Å². The molecule has 1 aromatic heterocycles. The number of nitrogens with zero attached hydrogens (tertiary/aromatic N) is 2. The van der Waals surface area contributed by atoms with Crippen molar-refractivity contribution in [2.24, 2.45) is 5.41 Å². The minimum Gasteiger partial charge on any atom is -0.465 e. The van der Waals surface area contributed by atoms with Crippen molar-refractivity contribution in [2.75, 3.05) is 19.6 Å². The highest BCUT2D eigenvalue weighted by Gasteiger charge is 2.48. The first kappa shape index (κ1) is 18.2. The molecule has 0 radical (unpaired) electrons. The predicted octanol–water partition coefficient (Wildman–Crippen LogP) is 3.88. The molecule has 1 atom stereocenters. The van der Waals surface area contributed by atoms with Crippen LogP contribution < -0.4 is 0 Å². The van der Waals surface area contributed by atoms with Gasteiger partial charge in [0.2, 0.25) is 5.91 Å². The fraction of sp³-hybridized carbons (Fsp3) is 0.476. The van der Waals surface area contributed by atoms with Gasteiger partial charge in [-0.05, 0) is 50.9 Å². The number of aryl methyl sites for hydroxylation is 1. The fourth-order valence-corrected chi connectivity index (χ4v) is 4.44. The average Bonchev–Trinajstić information content (AvgIpc) is 3.23. The third-order valence-corrected chi connectivity index (χ3v) is 5.83. The summed E-state index contributed by atoms with van der Waals surface area (Å²) >= 11 is 0. The highest BCUT2D eigenvalue weighted by atomic mass is 19.2. The van der Waals surface area contributed by atoms with E-state index < -0.39 is 17.0 Å². The molecule has 144 valence electrons. The Bertz CT molecular complexity index is 850. The fourth-order valence-electron chi connectivity index (χ4n) is 4.44. The molecular formula is C21H24F2N2O2. The molecule has 3 heterocycles. The lowest BCUT2D eigenvalue weighted by atomic mass is 9.78. The maximum absolute atomic E-state index is 14.0. The standard InChI is InChI=1S/C21H24F2N2O2/c1-15-6-7-17(27-15)13-24-11-9-21(14-24)8-3-10-25(20(21)26)12-16-4-2-5-18(22)19(16)23/h2,4-7H,3,8-14H2,1H3. The average molecular weight is 374 g/mol. The molecule has 1 spiro atoms. The summed E-state index contributed by atoms with van der Waals surface area (Å²) in [7, 11) is 0. The molecule has 1 aromatic carbocycles. The number of benzene rings is 1. The first-order valence-corrected chi connectivity index (χ1v) is 9.47. The minimum absolute atomic E-state index is 0.0653. The minimum atomic E-state index is -0.868. The van der Waals surface area contributed by atoms with Crippen molar-refractivity contribution >= 4 is 5.91 Å². The highest BCUT2D eigenvalue weighted by Crippen LogP contribution is 2.41. The number of halogens is 2. The molecule has 27 heavy (non-hydrogen) atoms. The third kappa shape index (κ3) is 3.50. The maximum atomic E-state index is 14.0. The largest absolute Gasteiger partial charge is 0.465 e. The summed E-state index contributed by atoms with van der Waals surface area (Å²) < 4.78 is 33.2. The van der Waals surface area contributed by atoms with E-state index in [4.69, 9.17) is 4.42 Å². The Morgan fingerprint density at radius 2 is 1.96 bits per heavy atom. The zero-order valence-corrected chi connectivity index (χ0v) is 15.5. The van der Waals surface area contributed by atoms with Crippen molar-refractivity contribution in [3.05, 3.63) is 59.1 Å². The summed E-state index contributed by atoms with van der Waals surface area (Å²) in [5, 5.41) is 0. The first-order chi connectivity index (χ1) is 13.0. The summed E-state index contributed by atoms with van der Waals surface area (Å²) in [5.41, 5.74) is -0.176. The second-order valence-electron chi connectivity index (χ2n) is 7.80. The Balaban J connectivity index is 1.46. The van der Waals surface area contributed by atoms with E-state index in [0.29, 0.717) is 19.6 Å². The van der Waals surface area contributed by atoms with E-state index in [-0.39, 0.29) is 18.0 Å². The lowest BCUT2D eigenvalue weighted by molar-refractivity contribution is -0.146. The Hall–Kier alpha value is -2.21. The normalized spacial score (nSPS) is 23.5. The van der Waals surface area contributed by atoms with Gasteiger partial charge in [-0.15, -0.1) is 0 Å². The van der Waals surface area contributed by atoms with Crippen LogP contribution in [-0.4, -0.2) is 35.3 Å². The lowest BCUT2D eigenvalue weighted by Crippen LogP contribution is -2.49. The lowest BCUT2D eigenvalue weighted by Gasteiger charge is -2.39. The molecule has 6 heteroatoms. The van der Waals surface area contributed by atoms with Crippen LogP contribution in [0.1, 0.15) is 36.3 Å². The monoisotopic (exact) mass is 374 g/mol. The Morgan fingerprint density at radius 3 is 2.74 bits per heavy atom. The highest BCUT2D eigenvalue weighted by molar-refractivity contribution is 5.84. The van der Waals surface area contributed by atoms with E-state index >= 15 is 0 Å². The van der Waals surface area contributed by atoms with Crippen molar-refractivity contribution in [1.29, 1.82) is 0 Å². The zero-order valence-electron chi connectivity index (χ0n) is 15.5. The number of carbonyl (C=O) groups is 1. The van der Waals surface area contributed by atoms with Gasteiger partial charge >= 0.3 is 0 Å². The summed E-state index contributed by atoms with van der Waals surface area (Å²) in [4.78, 5) is 17.2. The number of carbonyl (C=O) groups excluding carboxylic acids is 1. The number of likely N-dealkylation sites (tertiary alicyclic amines) is 2.